The molecular weight excluding hydrogens is 221 g/mol. The van der Waals surface area contributed by atoms with Gasteiger partial charge in [-0.1, -0.05) is 18.2 Å². The van der Waals surface area contributed by atoms with E-state index in [2.05, 4.69) is 0 Å². The van der Waals surface area contributed by atoms with Crippen molar-refractivity contribution in [3.8, 4) is 5.75 Å². The summed E-state index contributed by atoms with van der Waals surface area (Å²) >= 11 is 0. The maximum atomic E-state index is 13.9. The number of carbonyl (C=O) groups excluding carboxylic acids is 1. The minimum Gasteiger partial charge on any atom is -0.494 e. The molecule has 2 atom stereocenters. The molecule has 1 aliphatic carbocycles. The van der Waals surface area contributed by atoms with E-state index in [1.807, 2.05) is 0 Å². The molecule has 2 rings (SSSR count). The molecule has 1 aliphatic rings. The van der Waals surface area contributed by atoms with Crippen molar-refractivity contribution in [2.24, 2.45) is 11.7 Å². The average Bonchev–Trinajstić information content (AvgIpc) is 2.75. The summed E-state index contributed by atoms with van der Waals surface area (Å²) in [6.07, 6.45) is 4.06. The van der Waals surface area contributed by atoms with Crippen molar-refractivity contribution in [1.82, 2.24) is 0 Å². The van der Waals surface area contributed by atoms with Crippen molar-refractivity contribution in [3.05, 3.63) is 41.7 Å². The van der Waals surface area contributed by atoms with Crippen LogP contribution in [0.2, 0.25) is 0 Å². The summed E-state index contributed by atoms with van der Waals surface area (Å²) in [4.78, 5) is 12.1. The minimum atomic E-state index is -0.603. The summed E-state index contributed by atoms with van der Waals surface area (Å²) in [5.74, 6) is -1.09. The highest BCUT2D eigenvalue weighted by Crippen LogP contribution is 2.26. The summed E-state index contributed by atoms with van der Waals surface area (Å²) < 4.78 is 18.7. The van der Waals surface area contributed by atoms with E-state index in [1.165, 1.54) is 19.2 Å². The van der Waals surface area contributed by atoms with Gasteiger partial charge in [0.1, 0.15) is 0 Å². The van der Waals surface area contributed by atoms with Crippen LogP contribution in [-0.4, -0.2) is 18.9 Å². The Labute approximate surface area is 99.1 Å². The van der Waals surface area contributed by atoms with E-state index in [0.29, 0.717) is 6.42 Å². The molecule has 0 saturated carbocycles. The number of ether oxygens (including phenoxy) is 1. The number of halogens is 1. The molecule has 2 N–H and O–H groups in total. The number of carbonyl (C=O) groups is 1. The van der Waals surface area contributed by atoms with Gasteiger partial charge in [-0.2, -0.15) is 0 Å². The summed E-state index contributed by atoms with van der Waals surface area (Å²) in [7, 11) is 1.37. The minimum absolute atomic E-state index is 0.0631. The van der Waals surface area contributed by atoms with Gasteiger partial charge in [-0.15, -0.1) is 0 Å². The van der Waals surface area contributed by atoms with Crippen LogP contribution in [0.5, 0.6) is 5.75 Å². The van der Waals surface area contributed by atoms with E-state index >= 15 is 0 Å². The first-order valence-electron chi connectivity index (χ1n) is 5.44. The molecule has 17 heavy (non-hydrogen) atoms. The number of methoxy groups -OCH3 is 1. The van der Waals surface area contributed by atoms with Crippen LogP contribution in [0.3, 0.4) is 0 Å². The fourth-order valence-electron chi connectivity index (χ4n) is 1.98. The van der Waals surface area contributed by atoms with E-state index in [0.717, 1.165) is 0 Å². The molecule has 0 saturated heterocycles. The van der Waals surface area contributed by atoms with Crippen LogP contribution in [0, 0.1) is 11.7 Å². The number of nitrogens with two attached hydrogens (primary N) is 1. The second-order valence-corrected chi connectivity index (χ2v) is 4.08. The zero-order chi connectivity index (χ0) is 12.4. The van der Waals surface area contributed by atoms with Gasteiger partial charge in [0.25, 0.3) is 0 Å². The molecule has 0 amide bonds. The summed E-state index contributed by atoms with van der Waals surface area (Å²) in [6, 6.07) is 4.45. The van der Waals surface area contributed by atoms with E-state index in [-0.39, 0.29) is 29.1 Å². The van der Waals surface area contributed by atoms with Crippen molar-refractivity contribution >= 4 is 5.78 Å². The molecule has 0 spiro atoms. The van der Waals surface area contributed by atoms with E-state index in [9.17, 15) is 9.18 Å². The van der Waals surface area contributed by atoms with Gasteiger partial charge in [-0.05, 0) is 18.6 Å². The number of hydrogen-bond donors (Lipinski definition) is 1. The van der Waals surface area contributed by atoms with Gasteiger partial charge in [-0.3, -0.25) is 4.79 Å². The van der Waals surface area contributed by atoms with Crippen LogP contribution in [0.1, 0.15) is 16.8 Å². The molecule has 0 bridgehead atoms. The Balaban J connectivity index is 2.28. The Hall–Kier alpha value is -1.68. The summed E-state index contributed by atoms with van der Waals surface area (Å²) in [5, 5.41) is 0. The third-order valence-corrected chi connectivity index (χ3v) is 2.90. The number of benzene rings is 1. The van der Waals surface area contributed by atoms with Crippen LogP contribution < -0.4 is 10.5 Å². The molecule has 4 heteroatoms. The first-order chi connectivity index (χ1) is 8.13. The molecule has 0 heterocycles. The van der Waals surface area contributed by atoms with Crippen LogP contribution in [0.15, 0.2) is 30.4 Å². The van der Waals surface area contributed by atoms with Crippen LogP contribution >= 0.6 is 0 Å². The van der Waals surface area contributed by atoms with Crippen molar-refractivity contribution < 1.29 is 13.9 Å². The first kappa shape index (κ1) is 11.8. The number of rotatable bonds is 3. The Morgan fingerprint density at radius 3 is 2.82 bits per heavy atom. The maximum Gasteiger partial charge on any atom is 0.175 e. The second-order valence-electron chi connectivity index (χ2n) is 4.08. The zero-order valence-electron chi connectivity index (χ0n) is 9.52. The van der Waals surface area contributed by atoms with Gasteiger partial charge < -0.3 is 10.5 Å². The largest absolute Gasteiger partial charge is 0.494 e. The summed E-state index contributed by atoms with van der Waals surface area (Å²) in [6.45, 7) is 0. The highest BCUT2D eigenvalue weighted by atomic mass is 19.1. The lowest BCUT2D eigenvalue weighted by atomic mass is 9.96. The average molecular weight is 235 g/mol. The third kappa shape index (κ3) is 2.22. The highest BCUT2D eigenvalue weighted by Gasteiger charge is 2.26. The molecule has 1 aromatic carbocycles. The molecule has 0 aliphatic heterocycles. The SMILES string of the molecule is COc1cccc(C(=O)C2C=CC(N)C2)c1F. The quantitative estimate of drug-likeness (QED) is 0.643. The van der Waals surface area contributed by atoms with Gasteiger partial charge in [0.2, 0.25) is 0 Å². The van der Waals surface area contributed by atoms with Crippen molar-refractivity contribution in [2.45, 2.75) is 12.5 Å². The van der Waals surface area contributed by atoms with Crippen LogP contribution in [0.4, 0.5) is 4.39 Å². The Morgan fingerprint density at radius 1 is 1.47 bits per heavy atom. The maximum absolute atomic E-state index is 13.9. The van der Waals surface area contributed by atoms with Gasteiger partial charge in [0.05, 0.1) is 12.7 Å². The number of ketones is 1. The van der Waals surface area contributed by atoms with Crippen LogP contribution in [0.25, 0.3) is 0 Å². The topological polar surface area (TPSA) is 52.3 Å². The highest BCUT2D eigenvalue weighted by molar-refractivity contribution is 5.99. The molecule has 0 aromatic heterocycles. The Kier molecular flexibility index (Phi) is 3.24. The predicted octanol–water partition coefficient (Wildman–Crippen LogP) is 1.92. The molecule has 2 unspecified atom stereocenters. The smallest absolute Gasteiger partial charge is 0.175 e. The predicted molar refractivity (Wildman–Crippen MR) is 62.5 cm³/mol. The van der Waals surface area contributed by atoms with Gasteiger partial charge in [-0.25, -0.2) is 4.39 Å². The number of hydrogen-bond acceptors (Lipinski definition) is 3. The van der Waals surface area contributed by atoms with Crippen molar-refractivity contribution in [1.29, 1.82) is 0 Å². The van der Waals surface area contributed by atoms with Crippen LogP contribution in [-0.2, 0) is 0 Å². The number of Topliss-reactive ketones (excluding diaryl/α,β-unsaturated/α-hetero) is 1. The monoisotopic (exact) mass is 235 g/mol. The zero-order valence-corrected chi connectivity index (χ0v) is 9.52. The molecular formula is C13H14FNO2. The molecule has 3 nitrogen and oxygen atoms in total. The first-order valence-corrected chi connectivity index (χ1v) is 5.44. The van der Waals surface area contributed by atoms with Gasteiger partial charge >= 0.3 is 0 Å². The lowest BCUT2D eigenvalue weighted by molar-refractivity contribution is 0.0938. The molecule has 90 valence electrons. The lowest BCUT2D eigenvalue weighted by Crippen LogP contribution is -2.19. The fourth-order valence-corrected chi connectivity index (χ4v) is 1.98. The summed E-state index contributed by atoms with van der Waals surface area (Å²) in [5.41, 5.74) is 5.74. The normalized spacial score (nSPS) is 22.8. The molecule has 1 aromatic rings. The van der Waals surface area contributed by atoms with E-state index in [4.69, 9.17) is 10.5 Å². The second kappa shape index (κ2) is 4.67. The Bertz CT molecular complexity index is 470. The van der Waals surface area contributed by atoms with E-state index in [1.54, 1.807) is 18.2 Å². The molecule has 0 fully saturated rings. The lowest BCUT2D eigenvalue weighted by Gasteiger charge is -2.10. The third-order valence-electron chi connectivity index (χ3n) is 2.90. The molecule has 0 radical (unpaired) electrons. The van der Waals surface area contributed by atoms with Gasteiger partial charge in [0, 0.05) is 12.0 Å². The fraction of sp³-hybridized carbons (Fsp3) is 0.308. The van der Waals surface area contributed by atoms with Crippen molar-refractivity contribution in [2.75, 3.05) is 7.11 Å². The Morgan fingerprint density at radius 2 is 2.24 bits per heavy atom. The standard InChI is InChI=1S/C13H14FNO2/c1-17-11-4-2-3-10(12(11)14)13(16)8-5-6-9(15)7-8/h2-6,8-9H,7,15H2,1H3. The number of allylic oxidation sites excluding steroid dienone is 1. The van der Waals surface area contributed by atoms with E-state index < -0.39 is 5.82 Å². The van der Waals surface area contributed by atoms with Crippen molar-refractivity contribution in [3.63, 3.8) is 0 Å². The van der Waals surface area contributed by atoms with Gasteiger partial charge in [0.15, 0.2) is 17.3 Å².